The van der Waals surface area contributed by atoms with E-state index in [2.05, 4.69) is 87.3 Å². The van der Waals surface area contributed by atoms with Gasteiger partial charge in [0, 0.05) is 22.7 Å². The maximum absolute atomic E-state index is 6.19. The Morgan fingerprint density at radius 2 is 1.54 bits per heavy atom. The predicted molar refractivity (Wildman–Crippen MR) is 144 cm³/mol. The Bertz CT molecular complexity index is 1430. The van der Waals surface area contributed by atoms with E-state index in [4.69, 9.17) is 9.15 Å². The van der Waals surface area contributed by atoms with Crippen LogP contribution in [0.3, 0.4) is 0 Å². The van der Waals surface area contributed by atoms with Gasteiger partial charge in [0.2, 0.25) is 5.88 Å². The number of furan rings is 1. The fraction of sp³-hybridized carbons (Fsp3) is 0.219. The summed E-state index contributed by atoms with van der Waals surface area (Å²) in [4.78, 5) is 4.57. The van der Waals surface area contributed by atoms with E-state index in [-0.39, 0.29) is 0 Å². The molecule has 0 N–H and O–H groups in total. The SMILES string of the molecule is CC(C)c1ccc(-c2coc3c(C(C)C)cc(-c4cccnc4OCc4ccccc4)cc23)cc1. The number of ether oxygens (including phenoxy) is 1. The van der Waals surface area contributed by atoms with Crippen molar-refractivity contribution in [2.24, 2.45) is 0 Å². The molecule has 0 spiro atoms. The van der Waals surface area contributed by atoms with Crippen LogP contribution in [0.15, 0.2) is 95.7 Å². The Morgan fingerprint density at radius 3 is 2.26 bits per heavy atom. The number of hydrogen-bond acceptors (Lipinski definition) is 3. The molecule has 0 aliphatic rings. The van der Waals surface area contributed by atoms with Crippen molar-refractivity contribution in [1.82, 2.24) is 4.98 Å². The van der Waals surface area contributed by atoms with Crippen molar-refractivity contribution < 1.29 is 9.15 Å². The van der Waals surface area contributed by atoms with Gasteiger partial charge in [-0.05, 0) is 63.9 Å². The lowest BCUT2D eigenvalue weighted by atomic mass is 9.92. The van der Waals surface area contributed by atoms with Gasteiger partial charge >= 0.3 is 0 Å². The maximum atomic E-state index is 6.19. The van der Waals surface area contributed by atoms with E-state index in [1.807, 2.05) is 30.5 Å². The number of rotatable bonds is 7. The van der Waals surface area contributed by atoms with Crippen LogP contribution in [0, 0.1) is 0 Å². The van der Waals surface area contributed by atoms with Gasteiger partial charge < -0.3 is 9.15 Å². The first-order chi connectivity index (χ1) is 17.0. The summed E-state index contributed by atoms with van der Waals surface area (Å²) in [5.74, 6) is 1.45. The van der Waals surface area contributed by atoms with E-state index in [1.165, 1.54) is 11.1 Å². The Morgan fingerprint density at radius 1 is 0.771 bits per heavy atom. The lowest BCUT2D eigenvalue weighted by molar-refractivity contribution is 0.295. The van der Waals surface area contributed by atoms with Crippen molar-refractivity contribution >= 4 is 11.0 Å². The number of pyridine rings is 1. The van der Waals surface area contributed by atoms with Gasteiger partial charge in [0.15, 0.2) is 0 Å². The quantitative estimate of drug-likeness (QED) is 0.242. The molecule has 0 amide bonds. The minimum atomic E-state index is 0.310. The third-order valence-corrected chi connectivity index (χ3v) is 6.51. The highest BCUT2D eigenvalue weighted by Gasteiger charge is 2.18. The standard InChI is InChI=1S/C32H31NO2/c1-21(2)24-12-14-25(15-13-24)30-20-34-31-28(22(3)4)17-26(18-29(30)31)27-11-8-16-33-32(27)35-19-23-9-6-5-7-10-23/h5-18,20-22H,19H2,1-4H3. The van der Waals surface area contributed by atoms with Gasteiger partial charge in [-0.25, -0.2) is 4.98 Å². The first-order valence-electron chi connectivity index (χ1n) is 12.3. The van der Waals surface area contributed by atoms with Crippen molar-refractivity contribution in [2.75, 3.05) is 0 Å². The monoisotopic (exact) mass is 461 g/mol. The molecule has 2 heterocycles. The minimum absolute atomic E-state index is 0.310. The Labute approximate surface area is 207 Å². The highest BCUT2D eigenvalue weighted by atomic mass is 16.5. The number of fused-ring (bicyclic) bond motifs is 1. The zero-order valence-electron chi connectivity index (χ0n) is 20.8. The van der Waals surface area contributed by atoms with Crippen LogP contribution >= 0.6 is 0 Å². The number of nitrogens with zero attached hydrogens (tertiary/aromatic N) is 1. The smallest absolute Gasteiger partial charge is 0.221 e. The molecule has 5 rings (SSSR count). The summed E-state index contributed by atoms with van der Waals surface area (Å²) in [6.07, 6.45) is 3.67. The predicted octanol–water partition coefficient (Wildman–Crippen LogP) is 8.99. The zero-order valence-corrected chi connectivity index (χ0v) is 20.8. The molecular formula is C32H31NO2. The summed E-state index contributed by atoms with van der Waals surface area (Å²) in [5.41, 5.74) is 8.91. The summed E-state index contributed by atoms with van der Waals surface area (Å²) >= 11 is 0. The fourth-order valence-electron chi connectivity index (χ4n) is 4.47. The number of benzene rings is 3. The molecule has 0 aliphatic heterocycles. The Hall–Kier alpha value is -3.85. The Kier molecular flexibility index (Phi) is 6.41. The van der Waals surface area contributed by atoms with E-state index in [0.29, 0.717) is 24.3 Å². The lowest BCUT2D eigenvalue weighted by Gasteiger charge is -2.14. The molecule has 0 saturated carbocycles. The van der Waals surface area contributed by atoms with Gasteiger partial charge in [-0.1, -0.05) is 82.3 Å². The second-order valence-corrected chi connectivity index (χ2v) is 9.65. The van der Waals surface area contributed by atoms with Crippen LogP contribution in [0.2, 0.25) is 0 Å². The molecule has 0 fully saturated rings. The second kappa shape index (κ2) is 9.79. The molecule has 0 radical (unpaired) electrons. The molecule has 35 heavy (non-hydrogen) atoms. The van der Waals surface area contributed by atoms with Crippen LogP contribution in [-0.2, 0) is 6.61 Å². The minimum Gasteiger partial charge on any atom is -0.472 e. The number of aromatic nitrogens is 1. The van der Waals surface area contributed by atoms with Gasteiger partial charge in [0.1, 0.15) is 12.2 Å². The molecule has 5 aromatic rings. The van der Waals surface area contributed by atoms with Crippen molar-refractivity contribution in [2.45, 2.75) is 46.1 Å². The van der Waals surface area contributed by atoms with E-state index in [0.717, 1.165) is 38.8 Å². The van der Waals surface area contributed by atoms with E-state index < -0.39 is 0 Å². The molecule has 0 unspecified atom stereocenters. The second-order valence-electron chi connectivity index (χ2n) is 9.65. The van der Waals surface area contributed by atoms with Crippen LogP contribution in [0.5, 0.6) is 5.88 Å². The number of hydrogen-bond donors (Lipinski definition) is 0. The molecule has 0 atom stereocenters. The average molecular weight is 462 g/mol. The van der Waals surface area contributed by atoms with E-state index in [9.17, 15) is 0 Å². The normalized spacial score (nSPS) is 11.5. The molecule has 0 saturated heterocycles. The van der Waals surface area contributed by atoms with Crippen molar-refractivity contribution in [3.05, 3.63) is 108 Å². The summed E-state index contributed by atoms with van der Waals surface area (Å²) < 4.78 is 12.3. The lowest BCUT2D eigenvalue weighted by Crippen LogP contribution is -1.99. The van der Waals surface area contributed by atoms with Gasteiger partial charge in [-0.2, -0.15) is 0 Å². The molecular weight excluding hydrogens is 430 g/mol. The molecule has 0 bridgehead atoms. The summed E-state index contributed by atoms with van der Waals surface area (Å²) in [5, 5.41) is 1.11. The largest absolute Gasteiger partial charge is 0.472 e. The summed E-state index contributed by atoms with van der Waals surface area (Å²) in [6, 6.07) is 27.5. The highest BCUT2D eigenvalue weighted by molar-refractivity contribution is 5.98. The van der Waals surface area contributed by atoms with Crippen LogP contribution in [0.1, 0.15) is 56.2 Å². The topological polar surface area (TPSA) is 35.3 Å². The van der Waals surface area contributed by atoms with Gasteiger partial charge in [0.25, 0.3) is 0 Å². The van der Waals surface area contributed by atoms with Gasteiger partial charge in [-0.15, -0.1) is 0 Å². The highest BCUT2D eigenvalue weighted by Crippen LogP contribution is 2.40. The zero-order chi connectivity index (χ0) is 24.4. The Balaban J connectivity index is 1.59. The molecule has 0 aliphatic carbocycles. The van der Waals surface area contributed by atoms with Crippen molar-refractivity contribution in [3.63, 3.8) is 0 Å². The van der Waals surface area contributed by atoms with E-state index in [1.54, 1.807) is 6.20 Å². The van der Waals surface area contributed by atoms with Crippen LogP contribution in [0.25, 0.3) is 33.2 Å². The first-order valence-corrected chi connectivity index (χ1v) is 12.3. The van der Waals surface area contributed by atoms with Crippen molar-refractivity contribution in [3.8, 4) is 28.1 Å². The third kappa shape index (κ3) is 4.72. The third-order valence-electron chi connectivity index (χ3n) is 6.51. The maximum Gasteiger partial charge on any atom is 0.221 e. The molecule has 176 valence electrons. The molecule has 2 aromatic heterocycles. The summed E-state index contributed by atoms with van der Waals surface area (Å²) in [7, 11) is 0. The van der Waals surface area contributed by atoms with Gasteiger partial charge in [-0.3, -0.25) is 0 Å². The summed E-state index contributed by atoms with van der Waals surface area (Å²) in [6.45, 7) is 9.31. The molecule has 3 aromatic carbocycles. The molecule has 3 heteroatoms. The molecule has 3 nitrogen and oxygen atoms in total. The van der Waals surface area contributed by atoms with Crippen LogP contribution in [-0.4, -0.2) is 4.98 Å². The fourth-order valence-corrected chi connectivity index (χ4v) is 4.47. The van der Waals surface area contributed by atoms with Gasteiger partial charge in [0.05, 0.1) is 6.26 Å². The van der Waals surface area contributed by atoms with E-state index >= 15 is 0 Å². The van der Waals surface area contributed by atoms with Crippen LogP contribution in [0.4, 0.5) is 0 Å². The van der Waals surface area contributed by atoms with Crippen LogP contribution < -0.4 is 4.74 Å². The average Bonchev–Trinajstić information content (AvgIpc) is 3.31. The first kappa shape index (κ1) is 22.9. The van der Waals surface area contributed by atoms with Crippen molar-refractivity contribution in [1.29, 1.82) is 0 Å².